The number of rotatable bonds is 6. The van der Waals surface area contributed by atoms with Gasteiger partial charge in [-0.25, -0.2) is 9.37 Å². The van der Waals surface area contributed by atoms with Crippen LogP contribution in [0.2, 0.25) is 0 Å². The fourth-order valence-electron chi connectivity index (χ4n) is 2.01. The predicted octanol–water partition coefficient (Wildman–Crippen LogP) is 3.55. The SMILES string of the molecule is O=C(Nc1ccc([N+](=O)[O-])cn1)c1ccc(COc2ccc(F)cc2)o1. The van der Waals surface area contributed by atoms with Gasteiger partial charge in [-0.3, -0.25) is 14.9 Å². The lowest BCUT2D eigenvalue weighted by atomic mass is 10.3. The van der Waals surface area contributed by atoms with Crippen molar-refractivity contribution in [2.75, 3.05) is 5.32 Å². The number of benzene rings is 1. The molecule has 1 aromatic carbocycles. The number of ether oxygens (including phenoxy) is 1. The molecule has 0 bridgehead atoms. The average Bonchev–Trinajstić information content (AvgIpc) is 3.11. The number of carbonyl (C=O) groups excluding carboxylic acids is 1. The molecular formula is C17H12FN3O5. The van der Waals surface area contributed by atoms with Crippen molar-refractivity contribution in [2.24, 2.45) is 0 Å². The molecule has 0 fully saturated rings. The minimum atomic E-state index is -0.585. The Bertz CT molecular complexity index is 922. The highest BCUT2D eigenvalue weighted by Gasteiger charge is 2.13. The van der Waals surface area contributed by atoms with Crippen molar-refractivity contribution in [1.29, 1.82) is 0 Å². The van der Waals surface area contributed by atoms with Crippen LogP contribution >= 0.6 is 0 Å². The van der Waals surface area contributed by atoms with Crippen LogP contribution in [0.5, 0.6) is 5.75 Å². The third kappa shape index (κ3) is 4.20. The van der Waals surface area contributed by atoms with Gasteiger partial charge in [0, 0.05) is 6.07 Å². The molecule has 3 aromatic rings. The van der Waals surface area contributed by atoms with E-state index in [4.69, 9.17) is 9.15 Å². The minimum absolute atomic E-state index is 0.0304. The number of pyridine rings is 1. The Labute approximate surface area is 146 Å². The lowest BCUT2D eigenvalue weighted by Crippen LogP contribution is -2.12. The van der Waals surface area contributed by atoms with Crippen molar-refractivity contribution in [1.82, 2.24) is 4.98 Å². The summed E-state index contributed by atoms with van der Waals surface area (Å²) in [5.41, 5.74) is -0.179. The van der Waals surface area contributed by atoms with Gasteiger partial charge in [-0.15, -0.1) is 0 Å². The van der Waals surface area contributed by atoms with Crippen LogP contribution < -0.4 is 10.1 Å². The van der Waals surface area contributed by atoms with Crippen molar-refractivity contribution in [3.05, 3.63) is 82.2 Å². The summed E-state index contributed by atoms with van der Waals surface area (Å²) < 4.78 is 23.6. The largest absolute Gasteiger partial charge is 0.486 e. The summed E-state index contributed by atoms with van der Waals surface area (Å²) in [4.78, 5) is 25.9. The normalized spacial score (nSPS) is 10.3. The van der Waals surface area contributed by atoms with Crippen LogP contribution in [0.4, 0.5) is 15.9 Å². The van der Waals surface area contributed by atoms with Gasteiger partial charge in [-0.05, 0) is 42.5 Å². The zero-order valence-electron chi connectivity index (χ0n) is 13.2. The molecule has 0 aliphatic carbocycles. The monoisotopic (exact) mass is 357 g/mol. The molecule has 0 aliphatic rings. The molecule has 0 aliphatic heterocycles. The second-order valence-corrected chi connectivity index (χ2v) is 5.12. The van der Waals surface area contributed by atoms with Gasteiger partial charge in [0.05, 0.1) is 4.92 Å². The topological polar surface area (TPSA) is 108 Å². The Balaban J connectivity index is 1.58. The molecule has 0 saturated heterocycles. The van der Waals surface area contributed by atoms with Gasteiger partial charge in [-0.2, -0.15) is 0 Å². The zero-order valence-corrected chi connectivity index (χ0v) is 13.2. The van der Waals surface area contributed by atoms with E-state index in [1.807, 2.05) is 0 Å². The summed E-state index contributed by atoms with van der Waals surface area (Å²) in [6.07, 6.45) is 1.04. The van der Waals surface area contributed by atoms with Crippen molar-refractivity contribution in [3.63, 3.8) is 0 Å². The second kappa shape index (κ2) is 7.43. The first kappa shape index (κ1) is 17.1. The molecule has 3 rings (SSSR count). The van der Waals surface area contributed by atoms with Crippen LogP contribution in [0.3, 0.4) is 0 Å². The average molecular weight is 357 g/mol. The number of anilines is 1. The van der Waals surface area contributed by atoms with Crippen molar-refractivity contribution < 1.29 is 23.3 Å². The molecule has 26 heavy (non-hydrogen) atoms. The molecule has 2 aromatic heterocycles. The fraction of sp³-hybridized carbons (Fsp3) is 0.0588. The van der Waals surface area contributed by atoms with E-state index in [0.29, 0.717) is 11.5 Å². The maximum Gasteiger partial charge on any atom is 0.292 e. The molecular weight excluding hydrogens is 345 g/mol. The molecule has 2 heterocycles. The number of furan rings is 1. The third-order valence-electron chi connectivity index (χ3n) is 3.28. The molecule has 1 N–H and O–H groups in total. The number of carbonyl (C=O) groups is 1. The van der Waals surface area contributed by atoms with Crippen LogP contribution in [-0.2, 0) is 6.61 Å². The number of nitro groups is 1. The van der Waals surface area contributed by atoms with E-state index in [-0.39, 0.29) is 29.7 Å². The molecule has 132 valence electrons. The first-order chi connectivity index (χ1) is 12.5. The number of amides is 1. The maximum absolute atomic E-state index is 12.8. The predicted molar refractivity (Wildman–Crippen MR) is 88.3 cm³/mol. The highest BCUT2D eigenvalue weighted by molar-refractivity contribution is 6.01. The van der Waals surface area contributed by atoms with E-state index < -0.39 is 10.8 Å². The molecule has 0 saturated carbocycles. The van der Waals surface area contributed by atoms with E-state index in [0.717, 1.165) is 6.20 Å². The molecule has 0 unspecified atom stereocenters. The lowest BCUT2D eigenvalue weighted by Gasteiger charge is -2.04. The highest BCUT2D eigenvalue weighted by atomic mass is 19.1. The number of hydrogen-bond acceptors (Lipinski definition) is 6. The smallest absolute Gasteiger partial charge is 0.292 e. The summed E-state index contributed by atoms with van der Waals surface area (Å²) in [6.45, 7) is 0.0642. The van der Waals surface area contributed by atoms with Crippen LogP contribution in [0.25, 0.3) is 0 Å². The first-order valence-electron chi connectivity index (χ1n) is 7.40. The Morgan fingerprint density at radius 3 is 2.62 bits per heavy atom. The van der Waals surface area contributed by atoms with Gasteiger partial charge in [0.1, 0.15) is 35.9 Å². The number of hydrogen-bond donors (Lipinski definition) is 1. The van der Waals surface area contributed by atoms with Crippen molar-refractivity contribution >= 4 is 17.4 Å². The molecule has 9 heteroatoms. The summed E-state index contributed by atoms with van der Waals surface area (Å²) in [5.74, 6) is 0.123. The third-order valence-corrected chi connectivity index (χ3v) is 3.28. The molecule has 0 atom stereocenters. The number of aromatic nitrogens is 1. The summed E-state index contributed by atoms with van der Waals surface area (Å²) in [5, 5.41) is 13.0. The first-order valence-corrected chi connectivity index (χ1v) is 7.40. The molecule has 8 nitrogen and oxygen atoms in total. The molecule has 0 spiro atoms. The number of nitrogens with zero attached hydrogens (tertiary/aromatic N) is 2. The standard InChI is InChI=1S/C17H12FN3O5/c18-11-1-4-13(5-2-11)25-10-14-6-7-15(26-14)17(22)20-16-8-3-12(9-19-16)21(23)24/h1-9H,10H2,(H,19,20,22). The fourth-order valence-corrected chi connectivity index (χ4v) is 2.01. The van der Waals surface area contributed by atoms with E-state index in [2.05, 4.69) is 10.3 Å². The second-order valence-electron chi connectivity index (χ2n) is 5.12. The van der Waals surface area contributed by atoms with Crippen molar-refractivity contribution in [2.45, 2.75) is 6.61 Å². The van der Waals surface area contributed by atoms with E-state index >= 15 is 0 Å². The summed E-state index contributed by atoms with van der Waals surface area (Å²) in [6, 6.07) is 11.1. The van der Waals surface area contributed by atoms with E-state index in [9.17, 15) is 19.3 Å². The van der Waals surface area contributed by atoms with Gasteiger partial charge in [-0.1, -0.05) is 0 Å². The van der Waals surface area contributed by atoms with Crippen LogP contribution in [0, 0.1) is 15.9 Å². The van der Waals surface area contributed by atoms with Crippen LogP contribution in [0.15, 0.2) is 59.1 Å². The van der Waals surface area contributed by atoms with Gasteiger partial charge >= 0.3 is 0 Å². The Morgan fingerprint density at radius 2 is 1.96 bits per heavy atom. The van der Waals surface area contributed by atoms with Crippen LogP contribution in [0.1, 0.15) is 16.3 Å². The van der Waals surface area contributed by atoms with Gasteiger partial charge < -0.3 is 14.5 Å². The van der Waals surface area contributed by atoms with Gasteiger partial charge in [0.15, 0.2) is 5.76 Å². The minimum Gasteiger partial charge on any atom is -0.486 e. The number of nitrogens with one attached hydrogen (secondary N) is 1. The Hall–Kier alpha value is -3.75. The number of halogens is 1. The lowest BCUT2D eigenvalue weighted by molar-refractivity contribution is -0.385. The highest BCUT2D eigenvalue weighted by Crippen LogP contribution is 2.17. The van der Waals surface area contributed by atoms with Gasteiger partial charge in [0.2, 0.25) is 0 Å². The van der Waals surface area contributed by atoms with E-state index in [1.165, 1.54) is 42.5 Å². The quantitative estimate of drug-likeness (QED) is 0.534. The summed E-state index contributed by atoms with van der Waals surface area (Å²) >= 11 is 0. The molecule has 0 radical (unpaired) electrons. The van der Waals surface area contributed by atoms with E-state index in [1.54, 1.807) is 6.07 Å². The maximum atomic E-state index is 12.8. The Kier molecular flexibility index (Phi) is 4.88. The zero-order chi connectivity index (χ0) is 18.5. The summed E-state index contributed by atoms with van der Waals surface area (Å²) in [7, 11) is 0. The van der Waals surface area contributed by atoms with Gasteiger partial charge in [0.25, 0.3) is 11.6 Å². The van der Waals surface area contributed by atoms with Crippen molar-refractivity contribution in [3.8, 4) is 5.75 Å². The van der Waals surface area contributed by atoms with Crippen LogP contribution in [-0.4, -0.2) is 15.8 Å². The Morgan fingerprint density at radius 1 is 1.19 bits per heavy atom. The molecule has 1 amide bonds.